The molecule has 1 aromatic rings. The molecule has 1 unspecified atom stereocenters. The number of halogens is 1. The lowest BCUT2D eigenvalue weighted by molar-refractivity contribution is -0.384. The molecule has 1 N–H and O–H groups in total. The third-order valence-electron chi connectivity index (χ3n) is 2.90. The van der Waals surface area contributed by atoms with E-state index in [2.05, 4.69) is 0 Å². The molecule has 0 saturated carbocycles. The molecule has 0 aromatic heterocycles. The van der Waals surface area contributed by atoms with Crippen LogP contribution in [0.1, 0.15) is 20.3 Å². The van der Waals surface area contributed by atoms with Crippen molar-refractivity contribution in [1.29, 1.82) is 0 Å². The number of aliphatic carboxylic acids is 1. The Morgan fingerprint density at radius 1 is 1.55 bits per heavy atom. The summed E-state index contributed by atoms with van der Waals surface area (Å²) in [6.45, 7) is 4.48. The Labute approximate surface area is 122 Å². The van der Waals surface area contributed by atoms with E-state index in [-0.39, 0.29) is 10.7 Å². The van der Waals surface area contributed by atoms with Crippen LogP contribution in [0, 0.1) is 16.0 Å². The van der Waals surface area contributed by atoms with E-state index in [4.69, 9.17) is 16.7 Å². The lowest BCUT2D eigenvalue weighted by Crippen LogP contribution is -2.32. The Hall–Kier alpha value is -1.82. The van der Waals surface area contributed by atoms with Crippen molar-refractivity contribution in [3.63, 3.8) is 0 Å². The maximum Gasteiger partial charge on any atom is 0.308 e. The number of hydrogen-bond acceptors (Lipinski definition) is 4. The van der Waals surface area contributed by atoms with Gasteiger partial charge < -0.3 is 10.0 Å². The van der Waals surface area contributed by atoms with E-state index >= 15 is 0 Å². The van der Waals surface area contributed by atoms with Crippen LogP contribution < -0.4 is 4.90 Å². The molecule has 0 aliphatic carbocycles. The van der Waals surface area contributed by atoms with E-state index in [1.165, 1.54) is 12.1 Å². The van der Waals surface area contributed by atoms with E-state index in [1.807, 2.05) is 11.8 Å². The molecule has 0 fully saturated rings. The molecule has 0 radical (unpaired) electrons. The summed E-state index contributed by atoms with van der Waals surface area (Å²) in [7, 11) is 0. The summed E-state index contributed by atoms with van der Waals surface area (Å²) < 4.78 is 0. The van der Waals surface area contributed by atoms with Crippen LogP contribution in [0.2, 0.25) is 5.02 Å². The highest BCUT2D eigenvalue weighted by Crippen LogP contribution is 2.29. The standard InChI is InChI=1S/C13H17ClN2O4/c1-3-6-15(8-9(2)13(17)18)10-4-5-11(14)12(7-10)16(19)20/h4-5,7,9H,3,6,8H2,1-2H3,(H,17,18). The molecule has 1 atom stereocenters. The van der Waals surface area contributed by atoms with Gasteiger partial charge in [0.2, 0.25) is 0 Å². The Kier molecular flexibility index (Phi) is 5.76. The van der Waals surface area contributed by atoms with Crippen molar-refractivity contribution in [2.24, 2.45) is 5.92 Å². The molecule has 0 amide bonds. The number of nitro benzene ring substituents is 1. The monoisotopic (exact) mass is 300 g/mol. The average molecular weight is 301 g/mol. The van der Waals surface area contributed by atoms with Crippen LogP contribution in [0.4, 0.5) is 11.4 Å². The molecule has 7 heteroatoms. The fourth-order valence-corrected chi connectivity index (χ4v) is 2.03. The maximum absolute atomic E-state index is 10.9. The van der Waals surface area contributed by atoms with Crippen molar-refractivity contribution < 1.29 is 14.8 Å². The van der Waals surface area contributed by atoms with Gasteiger partial charge in [-0.25, -0.2) is 0 Å². The fourth-order valence-electron chi connectivity index (χ4n) is 1.84. The maximum atomic E-state index is 10.9. The number of hydrogen-bond donors (Lipinski definition) is 1. The van der Waals surface area contributed by atoms with Crippen LogP contribution >= 0.6 is 11.6 Å². The molecule has 0 bridgehead atoms. The minimum Gasteiger partial charge on any atom is -0.481 e. The van der Waals surface area contributed by atoms with E-state index in [0.29, 0.717) is 18.8 Å². The summed E-state index contributed by atoms with van der Waals surface area (Å²) in [6.07, 6.45) is 0.808. The Morgan fingerprint density at radius 3 is 2.70 bits per heavy atom. The van der Waals surface area contributed by atoms with E-state index in [9.17, 15) is 14.9 Å². The first-order chi connectivity index (χ1) is 9.36. The largest absolute Gasteiger partial charge is 0.481 e. The molecule has 0 saturated heterocycles. The van der Waals surface area contributed by atoms with Crippen LogP contribution in [0.3, 0.4) is 0 Å². The highest BCUT2D eigenvalue weighted by atomic mass is 35.5. The SMILES string of the molecule is CCCN(CC(C)C(=O)O)c1ccc(Cl)c([N+](=O)[O-])c1. The summed E-state index contributed by atoms with van der Waals surface area (Å²) in [5, 5.41) is 19.9. The minimum absolute atomic E-state index is 0.0708. The third kappa shape index (κ3) is 4.09. The number of carboxylic acids is 1. The first-order valence-electron chi connectivity index (χ1n) is 6.28. The molecular formula is C13H17ClN2O4. The van der Waals surface area contributed by atoms with Gasteiger partial charge in [-0.15, -0.1) is 0 Å². The van der Waals surface area contributed by atoms with Gasteiger partial charge in [0.25, 0.3) is 5.69 Å². The smallest absolute Gasteiger partial charge is 0.308 e. The predicted molar refractivity (Wildman–Crippen MR) is 77.4 cm³/mol. The molecule has 0 spiro atoms. The van der Waals surface area contributed by atoms with Crippen molar-refractivity contribution >= 4 is 28.9 Å². The van der Waals surface area contributed by atoms with Gasteiger partial charge in [0, 0.05) is 24.8 Å². The number of benzene rings is 1. The highest BCUT2D eigenvalue weighted by molar-refractivity contribution is 6.32. The topological polar surface area (TPSA) is 83.7 Å². The van der Waals surface area contributed by atoms with E-state index < -0.39 is 16.8 Å². The first-order valence-corrected chi connectivity index (χ1v) is 6.66. The quantitative estimate of drug-likeness (QED) is 0.617. The molecular weight excluding hydrogens is 284 g/mol. The number of carbonyl (C=O) groups is 1. The molecule has 110 valence electrons. The zero-order chi connectivity index (χ0) is 15.3. The van der Waals surface area contributed by atoms with Crippen LogP contribution in [0.15, 0.2) is 18.2 Å². The number of rotatable bonds is 7. The summed E-state index contributed by atoms with van der Waals surface area (Å²) in [5.74, 6) is -1.45. The number of nitro groups is 1. The lowest BCUT2D eigenvalue weighted by Gasteiger charge is -2.26. The number of anilines is 1. The number of nitrogens with zero attached hydrogens (tertiary/aromatic N) is 2. The second-order valence-corrected chi connectivity index (χ2v) is 4.99. The van der Waals surface area contributed by atoms with Gasteiger partial charge in [0.1, 0.15) is 5.02 Å². The van der Waals surface area contributed by atoms with Crippen molar-refractivity contribution in [1.82, 2.24) is 0 Å². The zero-order valence-electron chi connectivity index (χ0n) is 11.4. The summed E-state index contributed by atoms with van der Waals surface area (Å²) >= 11 is 5.77. The van der Waals surface area contributed by atoms with Crippen LogP contribution in [-0.2, 0) is 4.79 Å². The summed E-state index contributed by atoms with van der Waals surface area (Å²) in [4.78, 5) is 23.1. The zero-order valence-corrected chi connectivity index (χ0v) is 12.1. The lowest BCUT2D eigenvalue weighted by atomic mass is 10.1. The van der Waals surface area contributed by atoms with Gasteiger partial charge in [0.15, 0.2) is 0 Å². The highest BCUT2D eigenvalue weighted by Gasteiger charge is 2.19. The van der Waals surface area contributed by atoms with Gasteiger partial charge in [0.05, 0.1) is 10.8 Å². The summed E-state index contributed by atoms with van der Waals surface area (Å²) in [5.41, 5.74) is 0.435. The normalized spacial score (nSPS) is 11.9. The van der Waals surface area contributed by atoms with Gasteiger partial charge in [-0.3, -0.25) is 14.9 Å². The van der Waals surface area contributed by atoms with Gasteiger partial charge in [-0.05, 0) is 18.6 Å². The molecule has 0 heterocycles. The molecule has 0 aliphatic heterocycles. The molecule has 20 heavy (non-hydrogen) atoms. The minimum atomic E-state index is -0.894. The van der Waals surface area contributed by atoms with Crippen molar-refractivity contribution in [2.45, 2.75) is 20.3 Å². The van der Waals surface area contributed by atoms with Crippen molar-refractivity contribution in [3.05, 3.63) is 33.3 Å². The summed E-state index contributed by atoms with van der Waals surface area (Å²) in [6, 6.07) is 4.51. The van der Waals surface area contributed by atoms with Gasteiger partial charge in [-0.1, -0.05) is 25.4 Å². The van der Waals surface area contributed by atoms with Crippen molar-refractivity contribution in [2.75, 3.05) is 18.0 Å². The average Bonchev–Trinajstić information content (AvgIpc) is 2.38. The van der Waals surface area contributed by atoms with Crippen LogP contribution in [-0.4, -0.2) is 29.1 Å². The Morgan fingerprint density at radius 2 is 2.20 bits per heavy atom. The molecule has 6 nitrogen and oxygen atoms in total. The molecule has 1 rings (SSSR count). The van der Waals surface area contributed by atoms with Gasteiger partial charge in [-0.2, -0.15) is 0 Å². The predicted octanol–water partition coefficient (Wildman–Crippen LogP) is 3.19. The van der Waals surface area contributed by atoms with Crippen molar-refractivity contribution in [3.8, 4) is 0 Å². The van der Waals surface area contributed by atoms with E-state index in [1.54, 1.807) is 13.0 Å². The first kappa shape index (κ1) is 16.2. The third-order valence-corrected chi connectivity index (χ3v) is 3.22. The Bertz CT molecular complexity index is 507. The fraction of sp³-hybridized carbons (Fsp3) is 0.462. The number of carboxylic acid groups (broad SMARTS) is 1. The second-order valence-electron chi connectivity index (χ2n) is 4.58. The van der Waals surface area contributed by atoms with Crippen LogP contribution in [0.5, 0.6) is 0 Å². The van der Waals surface area contributed by atoms with Gasteiger partial charge >= 0.3 is 5.97 Å². The second kappa shape index (κ2) is 7.09. The molecule has 0 aliphatic rings. The molecule has 1 aromatic carbocycles. The van der Waals surface area contributed by atoms with E-state index in [0.717, 1.165) is 6.42 Å². The Balaban J connectivity index is 3.05. The van der Waals surface area contributed by atoms with Crippen LogP contribution in [0.25, 0.3) is 0 Å².